The second-order valence-electron chi connectivity index (χ2n) is 6.02. The lowest BCUT2D eigenvalue weighted by atomic mass is 10.1. The molecule has 1 saturated heterocycles. The van der Waals surface area contributed by atoms with Crippen molar-refractivity contribution in [1.29, 1.82) is 0 Å². The van der Waals surface area contributed by atoms with Crippen molar-refractivity contribution in [2.24, 2.45) is 0 Å². The number of hydrogen-bond donors (Lipinski definition) is 1. The first-order valence-corrected chi connectivity index (χ1v) is 8.28. The number of hydrogen-bond acceptors (Lipinski definition) is 3. The van der Waals surface area contributed by atoms with E-state index in [2.05, 4.69) is 15.6 Å². The third kappa shape index (κ3) is 3.01. The summed E-state index contributed by atoms with van der Waals surface area (Å²) in [6.45, 7) is 1.25. The molecule has 2 fully saturated rings. The van der Waals surface area contributed by atoms with Gasteiger partial charge in [0.1, 0.15) is 0 Å². The molecule has 1 aliphatic carbocycles. The maximum absolute atomic E-state index is 12.2. The van der Waals surface area contributed by atoms with Crippen LogP contribution in [-0.4, -0.2) is 39.0 Å². The number of aromatic nitrogens is 3. The molecule has 0 radical (unpaired) electrons. The van der Waals surface area contributed by atoms with Crippen LogP contribution in [0.25, 0.3) is 0 Å². The van der Waals surface area contributed by atoms with Gasteiger partial charge in [-0.05, 0) is 31.0 Å². The molecule has 0 spiro atoms. The normalized spacial score (nSPS) is 17.9. The molecule has 23 heavy (non-hydrogen) atoms. The minimum atomic E-state index is -0.151. The zero-order valence-electron chi connectivity index (χ0n) is 12.2. The van der Waals surface area contributed by atoms with Crippen molar-refractivity contribution in [1.82, 2.24) is 19.9 Å². The van der Waals surface area contributed by atoms with Crippen molar-refractivity contribution in [2.75, 3.05) is 18.4 Å². The first-order chi connectivity index (χ1) is 11.1. The Labute approximate surface area is 143 Å². The predicted molar refractivity (Wildman–Crippen MR) is 88.1 cm³/mol. The van der Waals surface area contributed by atoms with Crippen molar-refractivity contribution < 1.29 is 4.79 Å². The molecule has 120 valence electrons. The van der Waals surface area contributed by atoms with E-state index in [0.29, 0.717) is 34.7 Å². The van der Waals surface area contributed by atoms with Crippen LogP contribution in [0.15, 0.2) is 24.4 Å². The molecule has 0 atom stereocenters. The SMILES string of the molecule is O=C(Nc1ccc(Cl)c(Cl)c1)N1CC(n2cc(C3CC3)nn2)C1. The standard InChI is InChI=1S/C15H15Cl2N5O/c16-12-4-3-10(5-13(12)17)18-15(23)21-6-11(7-21)22-8-14(19-20-22)9-1-2-9/h3-5,8-9,11H,1-2,6-7H2,(H,18,23). The van der Waals surface area contributed by atoms with Gasteiger partial charge < -0.3 is 10.2 Å². The number of benzene rings is 1. The third-order valence-electron chi connectivity index (χ3n) is 4.22. The van der Waals surface area contributed by atoms with Crippen LogP contribution < -0.4 is 5.32 Å². The van der Waals surface area contributed by atoms with Crippen molar-refractivity contribution >= 4 is 34.9 Å². The molecule has 6 nitrogen and oxygen atoms in total. The molecule has 0 bridgehead atoms. The number of rotatable bonds is 3. The first kappa shape index (κ1) is 14.8. The summed E-state index contributed by atoms with van der Waals surface area (Å²) >= 11 is 11.8. The van der Waals surface area contributed by atoms with Gasteiger partial charge in [0.2, 0.25) is 0 Å². The van der Waals surface area contributed by atoms with E-state index in [1.165, 1.54) is 12.8 Å². The lowest BCUT2D eigenvalue weighted by Gasteiger charge is -2.38. The summed E-state index contributed by atoms with van der Waals surface area (Å²) in [5, 5.41) is 12.1. The molecule has 2 heterocycles. The van der Waals surface area contributed by atoms with Gasteiger partial charge in [0.05, 0.1) is 21.8 Å². The zero-order chi connectivity index (χ0) is 16.0. The van der Waals surface area contributed by atoms with Gasteiger partial charge in [-0.2, -0.15) is 0 Å². The highest BCUT2D eigenvalue weighted by Crippen LogP contribution is 2.39. The minimum Gasteiger partial charge on any atom is -0.320 e. The number of amides is 2. The fraction of sp³-hybridized carbons (Fsp3) is 0.400. The summed E-state index contributed by atoms with van der Waals surface area (Å²) in [6.07, 6.45) is 4.43. The van der Waals surface area contributed by atoms with E-state index in [-0.39, 0.29) is 12.1 Å². The van der Waals surface area contributed by atoms with E-state index >= 15 is 0 Å². The highest BCUT2D eigenvalue weighted by atomic mass is 35.5. The van der Waals surface area contributed by atoms with E-state index in [9.17, 15) is 4.79 Å². The number of anilines is 1. The molecule has 1 aromatic carbocycles. The van der Waals surface area contributed by atoms with E-state index in [4.69, 9.17) is 23.2 Å². The highest BCUT2D eigenvalue weighted by Gasteiger charge is 2.34. The zero-order valence-corrected chi connectivity index (χ0v) is 13.8. The molecular weight excluding hydrogens is 337 g/mol. The molecule has 2 amide bonds. The molecule has 0 unspecified atom stereocenters. The van der Waals surface area contributed by atoms with Gasteiger partial charge in [-0.3, -0.25) is 0 Å². The summed E-state index contributed by atoms with van der Waals surface area (Å²) in [5.74, 6) is 0.595. The molecular formula is C15H15Cl2N5O. The van der Waals surface area contributed by atoms with Gasteiger partial charge in [-0.1, -0.05) is 28.4 Å². The number of carbonyl (C=O) groups excluding carboxylic acids is 1. The quantitative estimate of drug-likeness (QED) is 0.919. The Morgan fingerprint density at radius 2 is 2.00 bits per heavy atom. The second-order valence-corrected chi connectivity index (χ2v) is 6.83. The predicted octanol–water partition coefficient (Wildman–Crippen LogP) is 3.55. The van der Waals surface area contributed by atoms with Crippen LogP contribution in [-0.2, 0) is 0 Å². The van der Waals surface area contributed by atoms with Crippen molar-refractivity contribution in [3.63, 3.8) is 0 Å². The summed E-state index contributed by atoms with van der Waals surface area (Å²) in [7, 11) is 0. The molecule has 2 aromatic rings. The molecule has 1 N–H and O–H groups in total. The summed E-state index contributed by atoms with van der Waals surface area (Å²) in [5.41, 5.74) is 1.70. The van der Waals surface area contributed by atoms with Crippen LogP contribution in [0.4, 0.5) is 10.5 Å². The Balaban J connectivity index is 1.33. The fourth-order valence-electron chi connectivity index (χ4n) is 2.60. The van der Waals surface area contributed by atoms with E-state index in [1.54, 1.807) is 23.1 Å². The lowest BCUT2D eigenvalue weighted by Crippen LogP contribution is -2.52. The number of nitrogens with one attached hydrogen (secondary N) is 1. The van der Waals surface area contributed by atoms with Crippen LogP contribution in [0.1, 0.15) is 30.5 Å². The number of nitrogens with zero attached hydrogens (tertiary/aromatic N) is 4. The Morgan fingerprint density at radius 3 is 2.70 bits per heavy atom. The van der Waals surface area contributed by atoms with Gasteiger partial charge >= 0.3 is 6.03 Å². The number of halogens is 2. The molecule has 2 aliphatic rings. The summed E-state index contributed by atoms with van der Waals surface area (Å²) in [4.78, 5) is 13.9. The van der Waals surface area contributed by atoms with Gasteiger partial charge in [0.15, 0.2) is 0 Å². The number of urea groups is 1. The molecule has 1 saturated carbocycles. The Hall–Kier alpha value is -1.79. The van der Waals surface area contributed by atoms with E-state index in [1.807, 2.05) is 10.9 Å². The van der Waals surface area contributed by atoms with Crippen LogP contribution in [0.3, 0.4) is 0 Å². The molecule has 1 aliphatic heterocycles. The smallest absolute Gasteiger partial charge is 0.320 e. The van der Waals surface area contributed by atoms with Crippen LogP contribution >= 0.6 is 23.2 Å². The van der Waals surface area contributed by atoms with Crippen LogP contribution in [0.5, 0.6) is 0 Å². The van der Waals surface area contributed by atoms with Gasteiger partial charge in [-0.25, -0.2) is 9.48 Å². The molecule has 1 aromatic heterocycles. The Kier molecular flexibility index (Phi) is 3.66. The van der Waals surface area contributed by atoms with Crippen molar-refractivity contribution in [3.05, 3.63) is 40.1 Å². The van der Waals surface area contributed by atoms with Gasteiger partial charge in [-0.15, -0.1) is 5.10 Å². The number of carbonyl (C=O) groups is 1. The summed E-state index contributed by atoms with van der Waals surface area (Å²) in [6, 6.07) is 5.07. The van der Waals surface area contributed by atoms with Gasteiger partial charge in [0.25, 0.3) is 0 Å². The Bertz CT molecular complexity index is 752. The third-order valence-corrected chi connectivity index (χ3v) is 4.96. The molecule has 4 rings (SSSR count). The molecule has 8 heteroatoms. The van der Waals surface area contributed by atoms with Gasteiger partial charge in [0, 0.05) is 30.9 Å². The first-order valence-electron chi connectivity index (χ1n) is 7.53. The van der Waals surface area contributed by atoms with Crippen LogP contribution in [0, 0.1) is 0 Å². The monoisotopic (exact) mass is 351 g/mol. The van der Waals surface area contributed by atoms with E-state index < -0.39 is 0 Å². The van der Waals surface area contributed by atoms with E-state index in [0.717, 1.165) is 5.69 Å². The topological polar surface area (TPSA) is 63.1 Å². The fourth-order valence-corrected chi connectivity index (χ4v) is 2.90. The van der Waals surface area contributed by atoms with Crippen LogP contribution in [0.2, 0.25) is 10.0 Å². The second kappa shape index (κ2) is 5.69. The number of likely N-dealkylation sites (tertiary alicyclic amines) is 1. The summed E-state index contributed by atoms with van der Waals surface area (Å²) < 4.78 is 1.87. The largest absolute Gasteiger partial charge is 0.321 e. The maximum atomic E-state index is 12.2. The average molecular weight is 352 g/mol. The van der Waals surface area contributed by atoms with Crippen molar-refractivity contribution in [2.45, 2.75) is 24.8 Å². The maximum Gasteiger partial charge on any atom is 0.321 e. The lowest BCUT2D eigenvalue weighted by molar-refractivity contribution is 0.127. The highest BCUT2D eigenvalue weighted by molar-refractivity contribution is 6.42. The Morgan fingerprint density at radius 1 is 1.22 bits per heavy atom. The van der Waals surface area contributed by atoms with Crippen molar-refractivity contribution in [3.8, 4) is 0 Å². The minimum absolute atomic E-state index is 0.151. The average Bonchev–Trinajstić information content (AvgIpc) is 3.21.